The van der Waals surface area contributed by atoms with Crippen LogP contribution in [0.2, 0.25) is 0 Å². The van der Waals surface area contributed by atoms with E-state index in [9.17, 15) is 14.4 Å². The van der Waals surface area contributed by atoms with Crippen LogP contribution in [0.15, 0.2) is 0 Å². The molecule has 0 spiro atoms. The molecule has 4 N–H and O–H groups in total. The fourth-order valence-corrected chi connectivity index (χ4v) is 2.05. The third kappa shape index (κ3) is 12.6. The van der Waals surface area contributed by atoms with Crippen molar-refractivity contribution in [2.24, 2.45) is 5.92 Å². The quantitative estimate of drug-likeness (QED) is 0.286. The highest BCUT2D eigenvalue weighted by Crippen LogP contribution is 2.04. The van der Waals surface area contributed by atoms with Crippen molar-refractivity contribution in [3.8, 4) is 0 Å². The van der Waals surface area contributed by atoms with E-state index < -0.39 is 6.04 Å². The van der Waals surface area contributed by atoms with E-state index in [1.165, 1.54) is 0 Å². The molecular weight excluding hydrogens is 296 g/mol. The Morgan fingerprint density at radius 3 is 2.30 bits per heavy atom. The topological polar surface area (TPSA) is 99.3 Å². The van der Waals surface area contributed by atoms with Gasteiger partial charge < -0.3 is 21.3 Å². The third-order valence-electron chi connectivity index (χ3n) is 3.21. The van der Waals surface area contributed by atoms with Crippen molar-refractivity contribution in [3.63, 3.8) is 0 Å². The predicted molar refractivity (Wildman–Crippen MR) is 90.8 cm³/mol. The van der Waals surface area contributed by atoms with E-state index in [4.69, 9.17) is 0 Å². The molecule has 3 amide bonds. The van der Waals surface area contributed by atoms with Crippen molar-refractivity contribution in [3.05, 3.63) is 0 Å². The zero-order valence-corrected chi connectivity index (χ0v) is 14.8. The second-order valence-electron chi connectivity index (χ2n) is 6.36. The average Bonchev–Trinajstić information content (AvgIpc) is 2.48. The Balaban J connectivity index is 3.98. The van der Waals surface area contributed by atoms with Gasteiger partial charge in [0, 0.05) is 19.1 Å². The minimum atomic E-state index is -0.556. The molecule has 0 unspecified atom stereocenters. The third-order valence-corrected chi connectivity index (χ3v) is 3.21. The van der Waals surface area contributed by atoms with Gasteiger partial charge in [0.25, 0.3) is 0 Å². The fourth-order valence-electron chi connectivity index (χ4n) is 2.05. The number of carbonyl (C=O) groups excluding carboxylic acids is 3. The molecule has 0 aliphatic heterocycles. The number of carbonyl (C=O) groups is 3. The van der Waals surface area contributed by atoms with Gasteiger partial charge >= 0.3 is 0 Å². The molecule has 0 fully saturated rings. The van der Waals surface area contributed by atoms with Crippen LogP contribution in [-0.4, -0.2) is 49.9 Å². The Morgan fingerprint density at radius 2 is 1.74 bits per heavy atom. The highest BCUT2D eigenvalue weighted by molar-refractivity contribution is 5.87. The Kier molecular flexibility index (Phi) is 12.0. The molecule has 7 heteroatoms. The highest BCUT2D eigenvalue weighted by Gasteiger charge is 2.19. The summed E-state index contributed by atoms with van der Waals surface area (Å²) < 4.78 is 0. The number of nitrogens with one attached hydrogen (secondary N) is 4. The Morgan fingerprint density at radius 1 is 1.04 bits per heavy atom. The SMILES string of the molecule is CC(C)CCCCNC(=O)CNC(=O)[C@@H](CNC=O)NC(C)C. The summed E-state index contributed by atoms with van der Waals surface area (Å²) in [7, 11) is 0. The zero-order chi connectivity index (χ0) is 17.7. The first-order valence-electron chi connectivity index (χ1n) is 8.34. The second kappa shape index (κ2) is 12.9. The summed E-state index contributed by atoms with van der Waals surface area (Å²) in [6.45, 7) is 8.92. The first kappa shape index (κ1) is 21.4. The van der Waals surface area contributed by atoms with Crippen LogP contribution in [0.3, 0.4) is 0 Å². The van der Waals surface area contributed by atoms with Crippen molar-refractivity contribution in [1.82, 2.24) is 21.3 Å². The molecule has 0 aliphatic carbocycles. The molecule has 0 rings (SSSR count). The van der Waals surface area contributed by atoms with Gasteiger partial charge in [-0.15, -0.1) is 0 Å². The zero-order valence-electron chi connectivity index (χ0n) is 14.8. The first-order chi connectivity index (χ1) is 10.9. The molecular formula is C16H32N4O3. The Hall–Kier alpha value is -1.63. The molecule has 134 valence electrons. The lowest BCUT2D eigenvalue weighted by atomic mass is 10.1. The van der Waals surface area contributed by atoms with E-state index in [0.29, 0.717) is 18.9 Å². The molecule has 23 heavy (non-hydrogen) atoms. The molecule has 0 saturated carbocycles. The summed E-state index contributed by atoms with van der Waals surface area (Å²) >= 11 is 0. The maximum atomic E-state index is 12.0. The van der Waals surface area contributed by atoms with Crippen LogP contribution in [0, 0.1) is 5.92 Å². The standard InChI is InChI=1S/C16H32N4O3/c1-12(2)7-5-6-8-18-15(22)10-19-16(23)14(9-17-11-21)20-13(3)4/h11-14,20H,5-10H2,1-4H3,(H,17,21)(H,18,22)(H,19,23)/t14-/m1/s1. The maximum Gasteiger partial charge on any atom is 0.239 e. The van der Waals surface area contributed by atoms with Crippen molar-refractivity contribution in [2.75, 3.05) is 19.6 Å². The molecule has 0 aromatic carbocycles. The smallest absolute Gasteiger partial charge is 0.239 e. The minimum Gasteiger partial charge on any atom is -0.357 e. The van der Waals surface area contributed by atoms with Crippen molar-refractivity contribution in [2.45, 2.75) is 59.0 Å². The Labute approximate surface area is 139 Å². The Bertz CT molecular complexity index is 359. The van der Waals surface area contributed by atoms with Gasteiger partial charge in [0.15, 0.2) is 0 Å². The van der Waals surface area contributed by atoms with Crippen LogP contribution in [0.4, 0.5) is 0 Å². The van der Waals surface area contributed by atoms with Gasteiger partial charge in [0.1, 0.15) is 6.04 Å². The van der Waals surface area contributed by atoms with E-state index in [2.05, 4.69) is 35.1 Å². The number of hydrogen-bond donors (Lipinski definition) is 4. The van der Waals surface area contributed by atoms with Crippen LogP contribution in [0.1, 0.15) is 47.0 Å². The summed E-state index contributed by atoms with van der Waals surface area (Å²) in [6, 6.07) is -0.465. The number of unbranched alkanes of at least 4 members (excludes halogenated alkanes) is 1. The molecule has 1 atom stereocenters. The van der Waals surface area contributed by atoms with Crippen LogP contribution in [0.25, 0.3) is 0 Å². The van der Waals surface area contributed by atoms with Crippen molar-refractivity contribution in [1.29, 1.82) is 0 Å². The second-order valence-corrected chi connectivity index (χ2v) is 6.36. The fraction of sp³-hybridized carbons (Fsp3) is 0.812. The summed E-state index contributed by atoms with van der Waals surface area (Å²) in [5.41, 5.74) is 0. The van der Waals surface area contributed by atoms with Gasteiger partial charge in [-0.3, -0.25) is 14.4 Å². The summed E-state index contributed by atoms with van der Waals surface area (Å²) in [4.78, 5) is 34.1. The van der Waals surface area contributed by atoms with E-state index in [1.54, 1.807) is 0 Å². The monoisotopic (exact) mass is 328 g/mol. The van der Waals surface area contributed by atoms with Gasteiger partial charge in [-0.2, -0.15) is 0 Å². The van der Waals surface area contributed by atoms with E-state index in [1.807, 2.05) is 13.8 Å². The maximum absolute atomic E-state index is 12.0. The molecule has 0 heterocycles. The van der Waals surface area contributed by atoms with Gasteiger partial charge in [-0.05, 0) is 12.3 Å². The van der Waals surface area contributed by atoms with Crippen molar-refractivity contribution < 1.29 is 14.4 Å². The molecule has 0 saturated heterocycles. The molecule has 0 bridgehead atoms. The van der Waals surface area contributed by atoms with E-state index >= 15 is 0 Å². The lowest BCUT2D eigenvalue weighted by Gasteiger charge is -2.20. The summed E-state index contributed by atoms with van der Waals surface area (Å²) in [5.74, 6) is 0.174. The number of hydrogen-bond acceptors (Lipinski definition) is 4. The van der Waals surface area contributed by atoms with Crippen LogP contribution in [0.5, 0.6) is 0 Å². The van der Waals surface area contributed by atoms with Crippen LogP contribution < -0.4 is 21.3 Å². The van der Waals surface area contributed by atoms with E-state index in [-0.39, 0.29) is 30.9 Å². The van der Waals surface area contributed by atoms with Crippen LogP contribution in [-0.2, 0) is 14.4 Å². The lowest BCUT2D eigenvalue weighted by Crippen LogP contribution is -2.53. The first-order valence-corrected chi connectivity index (χ1v) is 8.34. The highest BCUT2D eigenvalue weighted by atomic mass is 16.2. The van der Waals surface area contributed by atoms with Gasteiger partial charge in [-0.1, -0.05) is 40.5 Å². The molecule has 7 nitrogen and oxygen atoms in total. The van der Waals surface area contributed by atoms with Crippen LogP contribution >= 0.6 is 0 Å². The average molecular weight is 328 g/mol. The molecule has 0 radical (unpaired) electrons. The van der Waals surface area contributed by atoms with E-state index in [0.717, 1.165) is 19.3 Å². The summed E-state index contributed by atoms with van der Waals surface area (Å²) in [5, 5.41) is 10.9. The minimum absolute atomic E-state index is 0.0552. The number of rotatable bonds is 13. The largest absolute Gasteiger partial charge is 0.357 e. The van der Waals surface area contributed by atoms with Gasteiger partial charge in [0.05, 0.1) is 6.54 Å². The molecule has 0 aromatic rings. The van der Waals surface area contributed by atoms with Crippen molar-refractivity contribution >= 4 is 18.2 Å². The summed E-state index contributed by atoms with van der Waals surface area (Å²) in [6.07, 6.45) is 3.73. The normalized spacial score (nSPS) is 12.1. The number of amides is 3. The van der Waals surface area contributed by atoms with Gasteiger partial charge in [-0.25, -0.2) is 0 Å². The predicted octanol–water partition coefficient (Wildman–Crippen LogP) is 0.158. The molecule has 0 aromatic heterocycles. The molecule has 0 aliphatic rings. The van der Waals surface area contributed by atoms with Gasteiger partial charge in [0.2, 0.25) is 18.2 Å². The lowest BCUT2D eigenvalue weighted by molar-refractivity contribution is -0.127.